The van der Waals surface area contributed by atoms with E-state index in [1.165, 1.54) is 5.56 Å². The van der Waals surface area contributed by atoms with Crippen LogP contribution in [0.3, 0.4) is 0 Å². The van der Waals surface area contributed by atoms with Crippen LogP contribution in [0.25, 0.3) is 17.1 Å². The van der Waals surface area contributed by atoms with Crippen molar-refractivity contribution in [1.82, 2.24) is 14.8 Å². The van der Waals surface area contributed by atoms with Crippen LogP contribution >= 0.6 is 0 Å². The molecule has 0 atom stereocenters. The fourth-order valence-corrected chi connectivity index (χ4v) is 3.26. The topological polar surface area (TPSA) is 69.0 Å². The number of nitrogens with one attached hydrogen (secondary N) is 1. The number of nitrogens with zero attached hydrogens (tertiary/aromatic N) is 3. The molecule has 6 heteroatoms. The van der Waals surface area contributed by atoms with Crippen molar-refractivity contribution in [2.24, 2.45) is 0 Å². The molecule has 3 aromatic carbocycles. The summed E-state index contributed by atoms with van der Waals surface area (Å²) in [6.07, 6.45) is 0. The third-order valence-electron chi connectivity index (χ3n) is 5.21. The standard InChI is InChI=1S/C25H24N4O2/c1-16-9-12-19(13-10-16)24-27-23(25(30)26-21-7-5-6-8-22(21)31-4)28-29(24)20-14-11-17(2)18(3)15-20/h5-15H,1-4H3,(H,26,30). The number of anilines is 1. The molecule has 0 radical (unpaired) electrons. The minimum atomic E-state index is -0.402. The maximum Gasteiger partial charge on any atom is 0.295 e. The van der Waals surface area contributed by atoms with Gasteiger partial charge in [-0.3, -0.25) is 4.79 Å². The lowest BCUT2D eigenvalue weighted by atomic mass is 10.1. The number of amides is 1. The molecule has 1 aromatic heterocycles. The highest BCUT2D eigenvalue weighted by atomic mass is 16.5. The fourth-order valence-electron chi connectivity index (χ4n) is 3.26. The van der Waals surface area contributed by atoms with E-state index in [0.717, 1.165) is 22.4 Å². The fraction of sp³-hybridized carbons (Fsp3) is 0.160. The van der Waals surface area contributed by atoms with Crippen LogP contribution in [0.1, 0.15) is 27.3 Å². The van der Waals surface area contributed by atoms with E-state index in [4.69, 9.17) is 4.74 Å². The summed E-state index contributed by atoms with van der Waals surface area (Å²) in [5.74, 6) is 0.858. The summed E-state index contributed by atoms with van der Waals surface area (Å²) in [5.41, 5.74) is 5.78. The van der Waals surface area contributed by atoms with Crippen molar-refractivity contribution in [3.8, 4) is 22.8 Å². The van der Waals surface area contributed by atoms with Gasteiger partial charge in [-0.05, 0) is 56.2 Å². The average Bonchev–Trinajstić information content (AvgIpc) is 3.22. The Morgan fingerprint density at radius 3 is 2.39 bits per heavy atom. The number of carbonyl (C=O) groups excluding carboxylic acids is 1. The molecule has 0 aliphatic rings. The van der Waals surface area contributed by atoms with Gasteiger partial charge in [-0.1, -0.05) is 48.0 Å². The van der Waals surface area contributed by atoms with Crippen LogP contribution < -0.4 is 10.1 Å². The summed E-state index contributed by atoms with van der Waals surface area (Å²) in [5, 5.41) is 7.40. The molecule has 4 rings (SSSR count). The van der Waals surface area contributed by atoms with Crippen molar-refractivity contribution in [2.45, 2.75) is 20.8 Å². The van der Waals surface area contributed by atoms with Crippen molar-refractivity contribution in [3.05, 3.63) is 89.2 Å². The summed E-state index contributed by atoms with van der Waals surface area (Å²) < 4.78 is 7.04. The number of benzene rings is 3. The summed E-state index contributed by atoms with van der Waals surface area (Å²) in [7, 11) is 1.56. The van der Waals surface area contributed by atoms with Gasteiger partial charge in [0.15, 0.2) is 5.82 Å². The minimum absolute atomic E-state index is 0.0831. The van der Waals surface area contributed by atoms with Gasteiger partial charge >= 0.3 is 0 Å². The monoisotopic (exact) mass is 412 g/mol. The second kappa shape index (κ2) is 8.44. The Morgan fingerprint density at radius 1 is 0.935 bits per heavy atom. The maximum absolute atomic E-state index is 13.0. The van der Waals surface area contributed by atoms with Gasteiger partial charge in [-0.2, -0.15) is 0 Å². The first-order valence-electron chi connectivity index (χ1n) is 10.0. The Hall–Kier alpha value is -3.93. The lowest BCUT2D eigenvalue weighted by Crippen LogP contribution is -2.15. The number of ether oxygens (including phenoxy) is 1. The molecule has 0 spiro atoms. The third kappa shape index (κ3) is 4.19. The Bertz CT molecular complexity index is 1240. The smallest absolute Gasteiger partial charge is 0.295 e. The van der Waals surface area contributed by atoms with Gasteiger partial charge in [-0.15, -0.1) is 5.10 Å². The number of aryl methyl sites for hydroxylation is 3. The molecule has 156 valence electrons. The van der Waals surface area contributed by atoms with Gasteiger partial charge in [0.2, 0.25) is 5.82 Å². The average molecular weight is 412 g/mol. The minimum Gasteiger partial charge on any atom is -0.495 e. The van der Waals surface area contributed by atoms with E-state index < -0.39 is 5.91 Å². The van der Waals surface area contributed by atoms with Crippen LogP contribution in [0.4, 0.5) is 5.69 Å². The quantitative estimate of drug-likeness (QED) is 0.494. The first-order valence-corrected chi connectivity index (χ1v) is 10.0. The van der Waals surface area contributed by atoms with Gasteiger partial charge in [0.25, 0.3) is 5.91 Å². The largest absolute Gasteiger partial charge is 0.495 e. The molecule has 0 saturated carbocycles. The van der Waals surface area contributed by atoms with E-state index in [0.29, 0.717) is 17.3 Å². The van der Waals surface area contributed by atoms with Crippen molar-refractivity contribution >= 4 is 11.6 Å². The van der Waals surface area contributed by atoms with E-state index in [1.54, 1.807) is 23.9 Å². The van der Waals surface area contributed by atoms with Crippen molar-refractivity contribution in [3.63, 3.8) is 0 Å². The van der Waals surface area contributed by atoms with Crippen molar-refractivity contribution in [2.75, 3.05) is 12.4 Å². The number of carbonyl (C=O) groups is 1. The van der Waals surface area contributed by atoms with E-state index >= 15 is 0 Å². The number of aromatic nitrogens is 3. The molecule has 0 saturated heterocycles. The lowest BCUT2D eigenvalue weighted by molar-refractivity contribution is 0.101. The second-order valence-electron chi connectivity index (χ2n) is 7.46. The zero-order valence-electron chi connectivity index (χ0n) is 18.0. The van der Waals surface area contributed by atoms with E-state index in [1.807, 2.05) is 61.5 Å². The number of hydrogen-bond acceptors (Lipinski definition) is 4. The molecule has 6 nitrogen and oxygen atoms in total. The third-order valence-corrected chi connectivity index (χ3v) is 5.21. The summed E-state index contributed by atoms with van der Waals surface area (Å²) in [6, 6.07) is 21.3. The Morgan fingerprint density at radius 2 is 1.68 bits per heavy atom. The molecule has 0 aliphatic heterocycles. The number of hydrogen-bond donors (Lipinski definition) is 1. The Kier molecular flexibility index (Phi) is 5.54. The molecular formula is C25H24N4O2. The highest BCUT2D eigenvalue weighted by molar-refractivity contribution is 6.02. The predicted octanol–water partition coefficient (Wildman–Crippen LogP) is 5.12. The number of methoxy groups -OCH3 is 1. The van der Waals surface area contributed by atoms with Crippen LogP contribution in [0, 0.1) is 20.8 Å². The zero-order valence-corrected chi connectivity index (χ0v) is 18.0. The number of rotatable bonds is 5. The van der Waals surface area contributed by atoms with Gasteiger partial charge in [-0.25, -0.2) is 9.67 Å². The Labute approximate surface area is 181 Å². The van der Waals surface area contributed by atoms with E-state index in [9.17, 15) is 4.79 Å². The molecule has 1 heterocycles. The van der Waals surface area contributed by atoms with Crippen LogP contribution in [-0.2, 0) is 0 Å². The molecule has 4 aromatic rings. The van der Waals surface area contributed by atoms with Crippen molar-refractivity contribution in [1.29, 1.82) is 0 Å². The highest BCUT2D eigenvalue weighted by Gasteiger charge is 2.20. The molecule has 0 aliphatic carbocycles. The molecule has 0 fully saturated rings. The highest BCUT2D eigenvalue weighted by Crippen LogP contribution is 2.26. The predicted molar refractivity (Wildman–Crippen MR) is 122 cm³/mol. The molecule has 0 bridgehead atoms. The summed E-state index contributed by atoms with van der Waals surface area (Å²) >= 11 is 0. The van der Waals surface area contributed by atoms with E-state index in [-0.39, 0.29) is 5.82 Å². The van der Waals surface area contributed by atoms with Crippen LogP contribution in [0.5, 0.6) is 5.75 Å². The SMILES string of the molecule is COc1ccccc1NC(=O)c1nc(-c2ccc(C)cc2)n(-c2ccc(C)c(C)c2)n1. The molecule has 0 unspecified atom stereocenters. The van der Waals surface area contributed by atoms with E-state index in [2.05, 4.69) is 29.2 Å². The van der Waals surface area contributed by atoms with Gasteiger partial charge in [0.05, 0.1) is 18.5 Å². The van der Waals surface area contributed by atoms with Crippen LogP contribution in [-0.4, -0.2) is 27.8 Å². The van der Waals surface area contributed by atoms with Gasteiger partial charge in [0.1, 0.15) is 5.75 Å². The second-order valence-corrected chi connectivity index (χ2v) is 7.46. The lowest BCUT2D eigenvalue weighted by Gasteiger charge is -2.09. The van der Waals surface area contributed by atoms with Gasteiger partial charge < -0.3 is 10.1 Å². The molecule has 1 N–H and O–H groups in total. The number of para-hydroxylation sites is 2. The van der Waals surface area contributed by atoms with Crippen LogP contribution in [0.15, 0.2) is 66.7 Å². The first kappa shape index (κ1) is 20.3. The van der Waals surface area contributed by atoms with Crippen molar-refractivity contribution < 1.29 is 9.53 Å². The van der Waals surface area contributed by atoms with Gasteiger partial charge in [0, 0.05) is 5.56 Å². The first-order chi connectivity index (χ1) is 15.0. The Balaban J connectivity index is 1.78. The molecule has 1 amide bonds. The zero-order chi connectivity index (χ0) is 22.0. The maximum atomic E-state index is 13.0. The molecule has 31 heavy (non-hydrogen) atoms. The normalized spacial score (nSPS) is 10.7. The summed E-state index contributed by atoms with van der Waals surface area (Å²) in [4.78, 5) is 17.6. The van der Waals surface area contributed by atoms with Crippen LogP contribution in [0.2, 0.25) is 0 Å². The summed E-state index contributed by atoms with van der Waals surface area (Å²) in [6.45, 7) is 6.15. The molecular weight excluding hydrogens is 388 g/mol.